The van der Waals surface area contributed by atoms with Gasteiger partial charge in [-0.3, -0.25) is 19.1 Å². The number of methoxy groups -OCH3 is 2. The van der Waals surface area contributed by atoms with Crippen molar-refractivity contribution in [2.24, 2.45) is 0 Å². The van der Waals surface area contributed by atoms with Crippen LogP contribution in [0.5, 0.6) is 11.6 Å². The molecule has 1 amide bonds. The Morgan fingerprint density at radius 2 is 2.08 bits per heavy atom. The van der Waals surface area contributed by atoms with Crippen molar-refractivity contribution in [3.05, 3.63) is 40.8 Å². The number of hydrogen-bond acceptors (Lipinski definition) is 9. The summed E-state index contributed by atoms with van der Waals surface area (Å²) in [6.45, 7) is 6.75. The Hall–Kier alpha value is -3.57. The van der Waals surface area contributed by atoms with Crippen molar-refractivity contribution in [1.29, 1.82) is 0 Å². The molecule has 0 spiro atoms. The van der Waals surface area contributed by atoms with Crippen molar-refractivity contribution in [2.75, 3.05) is 40.5 Å². The molecule has 0 bridgehead atoms. The van der Waals surface area contributed by atoms with Gasteiger partial charge in [-0.1, -0.05) is 6.07 Å². The Bertz CT molecular complexity index is 1310. The zero-order valence-corrected chi connectivity index (χ0v) is 22.5. The molecular weight excluding hydrogens is 488 g/mol. The first-order chi connectivity index (χ1) is 18.4. The second kappa shape index (κ2) is 12.8. The third kappa shape index (κ3) is 6.65. The summed E-state index contributed by atoms with van der Waals surface area (Å²) in [5.41, 5.74) is 0.254. The molecule has 4 rings (SSSR count). The first kappa shape index (κ1) is 27.5. The van der Waals surface area contributed by atoms with E-state index in [-0.39, 0.29) is 35.4 Å². The average molecular weight is 525 g/mol. The van der Waals surface area contributed by atoms with Gasteiger partial charge in [0.2, 0.25) is 11.8 Å². The molecule has 0 aliphatic carbocycles. The van der Waals surface area contributed by atoms with Crippen molar-refractivity contribution in [3.63, 3.8) is 0 Å². The van der Waals surface area contributed by atoms with Crippen LogP contribution >= 0.6 is 0 Å². The van der Waals surface area contributed by atoms with E-state index in [4.69, 9.17) is 14.2 Å². The zero-order valence-electron chi connectivity index (χ0n) is 22.5. The summed E-state index contributed by atoms with van der Waals surface area (Å²) in [4.78, 5) is 42.1. The molecule has 1 fully saturated rings. The van der Waals surface area contributed by atoms with E-state index in [1.54, 1.807) is 37.6 Å². The van der Waals surface area contributed by atoms with Crippen molar-refractivity contribution < 1.29 is 19.0 Å². The van der Waals surface area contributed by atoms with E-state index in [1.807, 2.05) is 13.8 Å². The third-order valence-corrected chi connectivity index (χ3v) is 6.41. The summed E-state index contributed by atoms with van der Waals surface area (Å²) in [5, 5.41) is 3.09. The predicted octanol–water partition coefficient (Wildman–Crippen LogP) is 2.27. The van der Waals surface area contributed by atoms with E-state index in [9.17, 15) is 9.59 Å². The van der Waals surface area contributed by atoms with Crippen LogP contribution in [0.25, 0.3) is 22.6 Å². The largest absolute Gasteiger partial charge is 0.492 e. The third-order valence-electron chi connectivity index (χ3n) is 6.41. The summed E-state index contributed by atoms with van der Waals surface area (Å²) >= 11 is 0. The predicted molar refractivity (Wildman–Crippen MR) is 143 cm³/mol. The molecule has 4 heterocycles. The fourth-order valence-corrected chi connectivity index (χ4v) is 4.70. The van der Waals surface area contributed by atoms with E-state index in [0.717, 1.165) is 32.5 Å². The second-order valence-electron chi connectivity index (χ2n) is 9.65. The first-order valence-electron chi connectivity index (χ1n) is 13.0. The molecule has 1 N–H and O–H groups in total. The zero-order chi connectivity index (χ0) is 27.1. The SMILES string of the molecule is COC[C@@H]1CCCN1CCCOc1cnc2nc(-c3cccc(OC)n3)n(CC(=O)NC(C)C)c(=O)c2c1. The van der Waals surface area contributed by atoms with Gasteiger partial charge in [0.25, 0.3) is 5.56 Å². The molecule has 38 heavy (non-hydrogen) atoms. The molecule has 0 saturated carbocycles. The lowest BCUT2D eigenvalue weighted by Gasteiger charge is -2.23. The standard InChI is InChI=1S/C27H36N6O5/c1-18(2)29-23(34)16-33-26(22-9-5-10-24(30-22)37-4)31-25-21(27(33)35)14-20(15-28-25)38-13-7-12-32-11-6-8-19(32)17-36-3/h5,9-10,14-15,18-19H,6-8,11-13,16-17H2,1-4H3,(H,29,34)/t19-/m0/s1. The first-order valence-corrected chi connectivity index (χ1v) is 13.0. The molecule has 11 heteroatoms. The van der Waals surface area contributed by atoms with Gasteiger partial charge in [0.15, 0.2) is 11.5 Å². The quantitative estimate of drug-likeness (QED) is 0.356. The lowest BCUT2D eigenvalue weighted by atomic mass is 10.2. The summed E-state index contributed by atoms with van der Waals surface area (Å²) < 4.78 is 17.8. The van der Waals surface area contributed by atoms with Crippen molar-refractivity contribution >= 4 is 16.9 Å². The van der Waals surface area contributed by atoms with Gasteiger partial charge in [-0.05, 0) is 51.8 Å². The van der Waals surface area contributed by atoms with Gasteiger partial charge in [-0.15, -0.1) is 0 Å². The topological polar surface area (TPSA) is 121 Å². The van der Waals surface area contributed by atoms with E-state index in [2.05, 4.69) is 25.2 Å². The number of nitrogens with zero attached hydrogens (tertiary/aromatic N) is 5. The fraction of sp³-hybridized carbons (Fsp3) is 0.519. The van der Waals surface area contributed by atoms with Crippen LogP contribution < -0.4 is 20.3 Å². The van der Waals surface area contributed by atoms with Gasteiger partial charge in [0.05, 0.1) is 31.9 Å². The number of nitrogens with one attached hydrogen (secondary N) is 1. The summed E-state index contributed by atoms with van der Waals surface area (Å²) in [6, 6.07) is 7.19. The summed E-state index contributed by atoms with van der Waals surface area (Å²) in [6.07, 6.45) is 4.75. The lowest BCUT2D eigenvalue weighted by molar-refractivity contribution is -0.122. The average Bonchev–Trinajstić information content (AvgIpc) is 3.35. The van der Waals surface area contributed by atoms with E-state index in [0.29, 0.717) is 30.0 Å². The summed E-state index contributed by atoms with van der Waals surface area (Å²) in [5.74, 6) is 0.782. The van der Waals surface area contributed by atoms with Gasteiger partial charge >= 0.3 is 0 Å². The molecule has 3 aromatic heterocycles. The molecule has 204 valence electrons. The minimum atomic E-state index is -0.397. The van der Waals surface area contributed by atoms with Crippen molar-refractivity contribution in [1.82, 2.24) is 29.7 Å². The maximum absolute atomic E-state index is 13.6. The number of fused-ring (bicyclic) bond motifs is 1. The van der Waals surface area contributed by atoms with Crippen molar-refractivity contribution in [3.8, 4) is 23.1 Å². The highest BCUT2D eigenvalue weighted by molar-refractivity contribution is 5.80. The number of aromatic nitrogens is 4. The van der Waals surface area contributed by atoms with Crippen LogP contribution in [-0.4, -0.2) is 82.9 Å². The number of hydrogen-bond donors (Lipinski definition) is 1. The Morgan fingerprint density at radius 3 is 2.84 bits per heavy atom. The molecular formula is C27H36N6O5. The molecule has 1 aliphatic rings. The number of ether oxygens (including phenoxy) is 3. The number of carbonyl (C=O) groups excluding carboxylic acids is 1. The van der Waals surface area contributed by atoms with E-state index >= 15 is 0 Å². The minimum Gasteiger partial charge on any atom is -0.492 e. The van der Waals surface area contributed by atoms with Gasteiger partial charge in [-0.25, -0.2) is 15.0 Å². The summed E-state index contributed by atoms with van der Waals surface area (Å²) in [7, 11) is 3.25. The van der Waals surface area contributed by atoms with Gasteiger partial charge < -0.3 is 19.5 Å². The van der Waals surface area contributed by atoms with Crippen LogP contribution in [0.15, 0.2) is 35.3 Å². The maximum atomic E-state index is 13.6. The minimum absolute atomic E-state index is 0.0722. The highest BCUT2D eigenvalue weighted by atomic mass is 16.5. The molecule has 3 aromatic rings. The van der Waals surface area contributed by atoms with Crippen LogP contribution in [-0.2, 0) is 16.1 Å². The molecule has 1 saturated heterocycles. The van der Waals surface area contributed by atoms with Gasteiger partial charge in [-0.2, -0.15) is 0 Å². The van der Waals surface area contributed by atoms with Gasteiger partial charge in [0, 0.05) is 31.8 Å². The molecule has 0 aromatic carbocycles. The molecule has 0 radical (unpaired) electrons. The van der Waals surface area contributed by atoms with Crippen molar-refractivity contribution in [2.45, 2.75) is 51.7 Å². The maximum Gasteiger partial charge on any atom is 0.263 e. The highest BCUT2D eigenvalue weighted by Gasteiger charge is 2.23. The molecule has 11 nitrogen and oxygen atoms in total. The Kier molecular flexibility index (Phi) is 9.24. The number of amides is 1. The number of rotatable bonds is 12. The lowest BCUT2D eigenvalue weighted by Crippen LogP contribution is -2.37. The van der Waals surface area contributed by atoms with Crippen LogP contribution in [0.1, 0.15) is 33.1 Å². The number of likely N-dealkylation sites (tertiary alicyclic amines) is 1. The Balaban J connectivity index is 1.57. The smallest absolute Gasteiger partial charge is 0.263 e. The molecule has 1 atom stereocenters. The fourth-order valence-electron chi connectivity index (χ4n) is 4.70. The van der Waals surface area contributed by atoms with Crippen LogP contribution in [0, 0.1) is 0 Å². The van der Waals surface area contributed by atoms with E-state index < -0.39 is 5.56 Å². The molecule has 0 unspecified atom stereocenters. The van der Waals surface area contributed by atoms with Crippen LogP contribution in [0.2, 0.25) is 0 Å². The van der Waals surface area contributed by atoms with Crippen LogP contribution in [0.3, 0.4) is 0 Å². The monoisotopic (exact) mass is 524 g/mol. The molecule has 1 aliphatic heterocycles. The number of carbonyl (C=O) groups is 1. The normalized spacial score (nSPS) is 15.8. The van der Waals surface area contributed by atoms with Gasteiger partial charge in [0.1, 0.15) is 18.0 Å². The highest BCUT2D eigenvalue weighted by Crippen LogP contribution is 2.22. The van der Waals surface area contributed by atoms with Crippen LogP contribution in [0.4, 0.5) is 0 Å². The van der Waals surface area contributed by atoms with E-state index in [1.165, 1.54) is 18.1 Å². The Labute approximate surface area is 222 Å². The number of pyridine rings is 2. The second-order valence-corrected chi connectivity index (χ2v) is 9.65. The Morgan fingerprint density at radius 1 is 1.24 bits per heavy atom.